The highest BCUT2D eigenvalue weighted by Gasteiger charge is 2.25. The second-order valence-electron chi connectivity index (χ2n) is 5.36. The Kier molecular flexibility index (Phi) is 3.43. The number of fused-ring (bicyclic) bond motifs is 1. The second kappa shape index (κ2) is 4.94. The van der Waals surface area contributed by atoms with Gasteiger partial charge in [-0.25, -0.2) is 9.97 Å². The zero-order valence-corrected chi connectivity index (χ0v) is 13.4. The summed E-state index contributed by atoms with van der Waals surface area (Å²) >= 11 is 3.80. The molecule has 3 heterocycles. The molecule has 102 valence electrons. The zero-order chi connectivity index (χ0) is 13.6. The van der Waals surface area contributed by atoms with E-state index in [1.807, 2.05) is 6.92 Å². The Balaban J connectivity index is 2.10. The smallest absolute Gasteiger partial charge is 0.141 e. The van der Waals surface area contributed by atoms with Crippen molar-refractivity contribution in [1.29, 1.82) is 0 Å². The quantitative estimate of drug-likeness (QED) is 0.803. The molecule has 2 aromatic rings. The third kappa shape index (κ3) is 2.46. The molecule has 1 aliphatic heterocycles. The molecule has 1 aliphatic rings. The summed E-state index contributed by atoms with van der Waals surface area (Å²) in [5, 5.41) is 4.76. The number of rotatable bonds is 1. The molecule has 0 aromatic carbocycles. The zero-order valence-electron chi connectivity index (χ0n) is 11.8. The number of nitrogens with zero attached hydrogens (tertiary/aromatic N) is 3. The maximum atomic E-state index is 4.74. The Morgan fingerprint density at radius 2 is 1.84 bits per heavy atom. The predicted octanol–water partition coefficient (Wildman–Crippen LogP) is 3.64. The van der Waals surface area contributed by atoms with Crippen molar-refractivity contribution in [2.24, 2.45) is 0 Å². The maximum absolute atomic E-state index is 4.74. The van der Waals surface area contributed by atoms with Crippen molar-refractivity contribution >= 4 is 39.1 Å². The molecule has 5 heteroatoms. The lowest BCUT2D eigenvalue weighted by atomic mass is 10.2. The molecule has 0 saturated carbocycles. The minimum atomic E-state index is 0.660. The summed E-state index contributed by atoms with van der Waals surface area (Å²) in [5.74, 6) is 2.02. The SMILES string of the molecule is Cc1nc(N2CC(C)SC(C)C2)c2c(C)csc2n1. The van der Waals surface area contributed by atoms with E-state index in [0.717, 1.165) is 29.6 Å². The van der Waals surface area contributed by atoms with Crippen LogP contribution in [0.4, 0.5) is 5.82 Å². The van der Waals surface area contributed by atoms with Crippen LogP contribution in [0.2, 0.25) is 0 Å². The Morgan fingerprint density at radius 3 is 2.53 bits per heavy atom. The van der Waals surface area contributed by atoms with E-state index in [0.29, 0.717) is 10.5 Å². The minimum absolute atomic E-state index is 0.660. The number of anilines is 1. The fourth-order valence-electron chi connectivity index (χ4n) is 2.75. The van der Waals surface area contributed by atoms with Gasteiger partial charge in [-0.3, -0.25) is 0 Å². The van der Waals surface area contributed by atoms with Gasteiger partial charge in [0, 0.05) is 23.6 Å². The van der Waals surface area contributed by atoms with E-state index in [1.54, 1.807) is 11.3 Å². The highest BCUT2D eigenvalue weighted by molar-refractivity contribution is 8.00. The standard InChI is InChI=1S/C14H19N3S2/c1-8-7-18-14-12(8)13(15-11(4)16-14)17-5-9(2)19-10(3)6-17/h7,9-10H,5-6H2,1-4H3. The first-order valence-corrected chi connectivity index (χ1v) is 8.49. The van der Waals surface area contributed by atoms with Gasteiger partial charge < -0.3 is 4.90 Å². The van der Waals surface area contributed by atoms with Crippen molar-refractivity contribution < 1.29 is 0 Å². The van der Waals surface area contributed by atoms with E-state index >= 15 is 0 Å². The van der Waals surface area contributed by atoms with Crippen LogP contribution in [0, 0.1) is 13.8 Å². The summed E-state index contributed by atoms with van der Waals surface area (Å²) in [7, 11) is 0. The van der Waals surface area contributed by atoms with E-state index in [9.17, 15) is 0 Å². The Labute approximate surface area is 122 Å². The van der Waals surface area contributed by atoms with Crippen LogP contribution in [0.3, 0.4) is 0 Å². The maximum Gasteiger partial charge on any atom is 0.141 e. The minimum Gasteiger partial charge on any atom is -0.354 e. The van der Waals surface area contributed by atoms with Gasteiger partial charge in [-0.2, -0.15) is 11.8 Å². The van der Waals surface area contributed by atoms with E-state index < -0.39 is 0 Å². The molecule has 2 unspecified atom stereocenters. The lowest BCUT2D eigenvalue weighted by molar-refractivity contribution is 0.719. The number of hydrogen-bond donors (Lipinski definition) is 0. The first-order chi connectivity index (χ1) is 9.04. The summed E-state index contributed by atoms with van der Waals surface area (Å²) in [6.07, 6.45) is 0. The van der Waals surface area contributed by atoms with Gasteiger partial charge >= 0.3 is 0 Å². The molecule has 2 aromatic heterocycles. The van der Waals surface area contributed by atoms with Crippen molar-refractivity contribution in [3.63, 3.8) is 0 Å². The van der Waals surface area contributed by atoms with E-state index in [-0.39, 0.29) is 0 Å². The average Bonchev–Trinajstić information content (AvgIpc) is 2.68. The van der Waals surface area contributed by atoms with Crippen LogP contribution in [-0.4, -0.2) is 33.6 Å². The first-order valence-electron chi connectivity index (χ1n) is 6.67. The van der Waals surface area contributed by atoms with E-state index in [4.69, 9.17) is 4.98 Å². The number of thiophene rings is 1. The van der Waals surface area contributed by atoms with Crippen LogP contribution in [0.5, 0.6) is 0 Å². The number of aryl methyl sites for hydroxylation is 2. The van der Waals surface area contributed by atoms with Crippen LogP contribution in [0.1, 0.15) is 25.2 Å². The van der Waals surface area contributed by atoms with E-state index in [2.05, 4.69) is 47.8 Å². The average molecular weight is 293 g/mol. The topological polar surface area (TPSA) is 29.0 Å². The van der Waals surface area contributed by atoms with Gasteiger partial charge in [0.2, 0.25) is 0 Å². The molecule has 0 amide bonds. The summed E-state index contributed by atoms with van der Waals surface area (Å²) in [5.41, 5.74) is 1.30. The number of thioether (sulfide) groups is 1. The molecule has 0 spiro atoms. The lowest BCUT2D eigenvalue weighted by Gasteiger charge is -2.35. The first kappa shape index (κ1) is 13.2. The molecule has 0 aliphatic carbocycles. The van der Waals surface area contributed by atoms with Crippen molar-refractivity contribution in [2.75, 3.05) is 18.0 Å². The monoisotopic (exact) mass is 293 g/mol. The van der Waals surface area contributed by atoms with Crippen LogP contribution in [0.25, 0.3) is 10.2 Å². The largest absolute Gasteiger partial charge is 0.354 e. The summed E-state index contributed by atoms with van der Waals surface area (Å²) < 4.78 is 0. The summed E-state index contributed by atoms with van der Waals surface area (Å²) in [6, 6.07) is 0. The Bertz CT molecular complexity index is 598. The third-order valence-electron chi connectivity index (χ3n) is 3.43. The third-order valence-corrected chi connectivity index (χ3v) is 5.65. The fourth-order valence-corrected chi connectivity index (χ4v) is 5.03. The molecule has 2 atom stereocenters. The van der Waals surface area contributed by atoms with Gasteiger partial charge in [-0.15, -0.1) is 11.3 Å². The lowest BCUT2D eigenvalue weighted by Crippen LogP contribution is -2.41. The van der Waals surface area contributed by atoms with Gasteiger partial charge in [0.25, 0.3) is 0 Å². The van der Waals surface area contributed by atoms with E-state index in [1.165, 1.54) is 10.9 Å². The van der Waals surface area contributed by atoms with Crippen molar-refractivity contribution in [3.05, 3.63) is 16.8 Å². The Morgan fingerprint density at radius 1 is 1.16 bits per heavy atom. The molecule has 19 heavy (non-hydrogen) atoms. The van der Waals surface area contributed by atoms with Crippen LogP contribution in [0.15, 0.2) is 5.38 Å². The molecule has 1 fully saturated rings. The molecule has 1 saturated heterocycles. The molecule has 0 N–H and O–H groups in total. The van der Waals surface area contributed by atoms with Crippen LogP contribution in [-0.2, 0) is 0 Å². The molecule has 3 rings (SSSR count). The van der Waals surface area contributed by atoms with Gasteiger partial charge in [0.15, 0.2) is 0 Å². The summed E-state index contributed by atoms with van der Waals surface area (Å²) in [4.78, 5) is 12.9. The molecule has 0 bridgehead atoms. The Hall–Kier alpha value is -0.810. The van der Waals surface area contributed by atoms with Crippen molar-refractivity contribution in [3.8, 4) is 0 Å². The van der Waals surface area contributed by atoms with Crippen LogP contribution < -0.4 is 4.90 Å². The molecular formula is C14H19N3S2. The molecule has 3 nitrogen and oxygen atoms in total. The van der Waals surface area contributed by atoms with Gasteiger partial charge in [-0.1, -0.05) is 13.8 Å². The fraction of sp³-hybridized carbons (Fsp3) is 0.571. The van der Waals surface area contributed by atoms with Gasteiger partial charge in [0.05, 0.1) is 5.39 Å². The normalized spacial score (nSPS) is 24.1. The number of aromatic nitrogens is 2. The highest BCUT2D eigenvalue weighted by Crippen LogP contribution is 2.35. The second-order valence-corrected chi connectivity index (χ2v) is 8.10. The van der Waals surface area contributed by atoms with Crippen molar-refractivity contribution in [1.82, 2.24) is 9.97 Å². The predicted molar refractivity (Wildman–Crippen MR) is 85.6 cm³/mol. The molecular weight excluding hydrogens is 274 g/mol. The highest BCUT2D eigenvalue weighted by atomic mass is 32.2. The number of hydrogen-bond acceptors (Lipinski definition) is 5. The van der Waals surface area contributed by atoms with Crippen LogP contribution >= 0.6 is 23.1 Å². The van der Waals surface area contributed by atoms with Gasteiger partial charge in [0.1, 0.15) is 16.5 Å². The van der Waals surface area contributed by atoms with Crippen molar-refractivity contribution in [2.45, 2.75) is 38.2 Å². The summed E-state index contributed by atoms with van der Waals surface area (Å²) in [6.45, 7) is 10.9. The molecule has 0 radical (unpaired) electrons. The van der Waals surface area contributed by atoms with Gasteiger partial charge in [-0.05, 0) is 24.8 Å².